The molecule has 1 heterocycles. The van der Waals surface area contributed by atoms with Crippen molar-refractivity contribution in [1.29, 1.82) is 0 Å². The Bertz CT molecular complexity index is 1500. The zero-order valence-electron chi connectivity index (χ0n) is 29.0. The van der Waals surface area contributed by atoms with Crippen LogP contribution in [0.15, 0.2) is 48.5 Å². The number of phenols is 2. The maximum absolute atomic E-state index is 13.7. The summed E-state index contributed by atoms with van der Waals surface area (Å²) in [6, 6.07) is 6.22. The van der Waals surface area contributed by atoms with Gasteiger partial charge in [-0.2, -0.15) is 0 Å². The Morgan fingerprint density at radius 1 is 0.808 bits per heavy atom. The van der Waals surface area contributed by atoms with Crippen LogP contribution < -0.4 is 21.7 Å². The van der Waals surface area contributed by atoms with Crippen molar-refractivity contribution in [1.82, 2.24) is 20.9 Å². The van der Waals surface area contributed by atoms with Crippen LogP contribution in [0.25, 0.3) is 0 Å². The van der Waals surface area contributed by atoms with Gasteiger partial charge in [0, 0.05) is 25.4 Å². The first-order valence-electron chi connectivity index (χ1n) is 17.4. The molecule has 9 N–H and O–H groups in total. The SMILES string of the molecule is CC(NC(=O)C(O)C(N)CCCCCCC(Cl)Cl)C(=O)N1CCCC1C(=O)NC(Cc1ccc(O)cc1)C(=O)NC(Cc1ccc(O)cc1)C(=O)O. The minimum absolute atomic E-state index is 0.00309. The second-order valence-corrected chi connectivity index (χ2v) is 14.4. The van der Waals surface area contributed by atoms with Crippen molar-refractivity contribution in [3.63, 3.8) is 0 Å². The van der Waals surface area contributed by atoms with Crippen LogP contribution in [0, 0.1) is 0 Å². The summed E-state index contributed by atoms with van der Waals surface area (Å²) in [5.41, 5.74) is 7.16. The number of likely N-dealkylation sites (tertiary alicyclic amines) is 1. The third kappa shape index (κ3) is 13.5. The number of nitrogens with two attached hydrogens (primary N) is 1. The molecule has 1 aliphatic heterocycles. The number of unbranched alkanes of at least 4 members (excludes halogenated alkanes) is 3. The second kappa shape index (κ2) is 20.8. The van der Waals surface area contributed by atoms with Crippen LogP contribution in [0.3, 0.4) is 0 Å². The third-order valence-corrected chi connectivity index (χ3v) is 9.39. The van der Waals surface area contributed by atoms with Gasteiger partial charge in [-0.1, -0.05) is 49.9 Å². The molecule has 0 aromatic heterocycles. The van der Waals surface area contributed by atoms with Gasteiger partial charge in [-0.05, 0) is 68.0 Å². The molecule has 2 aromatic carbocycles. The molecular formula is C36H49Cl2N5O9. The number of alkyl halides is 2. The lowest BCUT2D eigenvalue weighted by Gasteiger charge is -2.29. The van der Waals surface area contributed by atoms with E-state index in [0.29, 0.717) is 36.8 Å². The van der Waals surface area contributed by atoms with Gasteiger partial charge in [-0.15, -0.1) is 23.2 Å². The van der Waals surface area contributed by atoms with Gasteiger partial charge >= 0.3 is 5.97 Å². The van der Waals surface area contributed by atoms with Gasteiger partial charge in [0.25, 0.3) is 5.91 Å². The number of rotatable bonds is 20. The zero-order chi connectivity index (χ0) is 38.4. The van der Waals surface area contributed by atoms with Gasteiger partial charge < -0.3 is 47.0 Å². The first-order valence-corrected chi connectivity index (χ1v) is 18.3. The Morgan fingerprint density at radius 2 is 1.35 bits per heavy atom. The Morgan fingerprint density at radius 3 is 1.88 bits per heavy atom. The van der Waals surface area contributed by atoms with E-state index in [0.717, 1.165) is 19.3 Å². The van der Waals surface area contributed by atoms with Gasteiger partial charge in [0.1, 0.15) is 46.6 Å². The van der Waals surface area contributed by atoms with E-state index in [9.17, 15) is 44.4 Å². The number of hydrogen-bond acceptors (Lipinski definition) is 9. The molecule has 1 fully saturated rings. The lowest BCUT2D eigenvalue weighted by atomic mass is 10.0. The van der Waals surface area contributed by atoms with Gasteiger partial charge in [0.15, 0.2) is 0 Å². The lowest BCUT2D eigenvalue weighted by Crippen LogP contribution is -2.58. The number of amides is 4. The predicted molar refractivity (Wildman–Crippen MR) is 195 cm³/mol. The van der Waals surface area contributed by atoms with Gasteiger partial charge in [-0.25, -0.2) is 4.79 Å². The van der Waals surface area contributed by atoms with Crippen LogP contribution >= 0.6 is 23.2 Å². The number of aliphatic hydroxyl groups excluding tert-OH is 1. The molecule has 0 aliphatic carbocycles. The number of carbonyl (C=O) groups is 5. The summed E-state index contributed by atoms with van der Waals surface area (Å²) in [7, 11) is 0. The number of carboxylic acid groups (broad SMARTS) is 1. The fraction of sp³-hybridized carbons (Fsp3) is 0.528. The highest BCUT2D eigenvalue weighted by Crippen LogP contribution is 2.20. The maximum atomic E-state index is 13.7. The van der Waals surface area contributed by atoms with Crippen LogP contribution in [0.4, 0.5) is 0 Å². The van der Waals surface area contributed by atoms with Crippen molar-refractivity contribution >= 4 is 52.8 Å². The summed E-state index contributed by atoms with van der Waals surface area (Å²) in [5, 5.41) is 47.3. The summed E-state index contributed by atoms with van der Waals surface area (Å²) >= 11 is 11.5. The standard InChI is InChI=1S/C36H49Cl2N5O9/c1-21(40-34(49)31(46)26(39)7-4-2-3-5-9-30(37)38)35(50)43-18-6-8-29(43)33(48)41-27(19-22-10-14-24(44)15-11-22)32(47)42-28(36(51)52)20-23-12-16-25(45)17-13-23/h10-17,21,26-31,44-46H,2-9,18-20,39H2,1H3,(H,40,49)(H,41,48)(H,42,47)(H,51,52). The van der Waals surface area contributed by atoms with E-state index in [1.807, 2.05) is 0 Å². The number of nitrogens with one attached hydrogen (secondary N) is 3. The Balaban J connectivity index is 1.64. The molecule has 1 aliphatic rings. The van der Waals surface area contributed by atoms with Gasteiger partial charge in [0.05, 0.1) is 0 Å². The van der Waals surface area contributed by atoms with E-state index in [2.05, 4.69) is 16.0 Å². The number of carbonyl (C=O) groups excluding carboxylic acids is 4. The zero-order valence-corrected chi connectivity index (χ0v) is 30.6. The molecule has 6 unspecified atom stereocenters. The molecule has 286 valence electrons. The van der Waals surface area contributed by atoms with Crippen LogP contribution in [-0.4, -0.2) is 103 Å². The fourth-order valence-corrected chi connectivity index (χ4v) is 6.29. The van der Waals surface area contributed by atoms with Gasteiger partial charge in [0.2, 0.25) is 17.7 Å². The number of aliphatic carboxylic acids is 1. The highest BCUT2D eigenvalue weighted by molar-refractivity contribution is 6.44. The quantitative estimate of drug-likeness (QED) is 0.0724. The maximum Gasteiger partial charge on any atom is 0.326 e. The minimum Gasteiger partial charge on any atom is -0.508 e. The van der Waals surface area contributed by atoms with E-state index >= 15 is 0 Å². The fourth-order valence-electron chi connectivity index (χ4n) is 5.98. The van der Waals surface area contributed by atoms with Crippen molar-refractivity contribution in [2.45, 2.75) is 112 Å². The first kappa shape index (κ1) is 42.3. The lowest BCUT2D eigenvalue weighted by molar-refractivity contribution is -0.143. The van der Waals surface area contributed by atoms with Gasteiger partial charge in [-0.3, -0.25) is 19.2 Å². The number of carboxylic acids is 1. The summed E-state index contributed by atoms with van der Waals surface area (Å²) in [6.07, 6.45) is 3.34. The molecule has 0 spiro atoms. The summed E-state index contributed by atoms with van der Waals surface area (Å²) < 4.78 is 0. The van der Waals surface area contributed by atoms with E-state index in [-0.39, 0.29) is 37.3 Å². The number of benzene rings is 2. The molecular weight excluding hydrogens is 717 g/mol. The topological polar surface area (TPSA) is 232 Å². The molecule has 52 heavy (non-hydrogen) atoms. The summed E-state index contributed by atoms with van der Waals surface area (Å²) in [4.78, 5) is 66.5. The molecule has 3 rings (SSSR count). The molecule has 0 radical (unpaired) electrons. The van der Waals surface area contributed by atoms with Crippen molar-refractivity contribution in [2.24, 2.45) is 5.73 Å². The normalized spacial score (nSPS) is 17.1. The average molecular weight is 767 g/mol. The van der Waals surface area contributed by atoms with Crippen molar-refractivity contribution in [2.75, 3.05) is 6.54 Å². The Kier molecular flexibility index (Phi) is 16.9. The molecule has 0 bridgehead atoms. The highest BCUT2D eigenvalue weighted by atomic mass is 35.5. The van der Waals surface area contributed by atoms with Crippen molar-refractivity contribution in [3.05, 3.63) is 59.7 Å². The average Bonchev–Trinajstić information content (AvgIpc) is 3.60. The van der Waals surface area contributed by atoms with E-state index < -0.39 is 70.7 Å². The first-order chi connectivity index (χ1) is 24.7. The summed E-state index contributed by atoms with van der Waals surface area (Å²) in [6.45, 7) is 1.64. The van der Waals surface area contributed by atoms with E-state index in [1.165, 1.54) is 48.2 Å². The number of nitrogens with zero attached hydrogens (tertiary/aromatic N) is 1. The number of hydrogen-bond donors (Lipinski definition) is 8. The predicted octanol–water partition coefficient (Wildman–Crippen LogP) is 2.27. The second-order valence-electron chi connectivity index (χ2n) is 13.1. The minimum atomic E-state index is -1.55. The smallest absolute Gasteiger partial charge is 0.326 e. The third-order valence-electron chi connectivity index (χ3n) is 8.95. The van der Waals surface area contributed by atoms with E-state index in [1.54, 1.807) is 12.1 Å². The molecule has 4 amide bonds. The Labute approximate surface area is 313 Å². The van der Waals surface area contributed by atoms with E-state index in [4.69, 9.17) is 28.9 Å². The number of phenolic OH excluding ortho intramolecular Hbond substituents is 2. The largest absolute Gasteiger partial charge is 0.508 e. The van der Waals surface area contributed by atoms with Crippen LogP contribution in [-0.2, 0) is 36.8 Å². The van der Waals surface area contributed by atoms with Crippen molar-refractivity contribution < 1.29 is 44.4 Å². The number of aliphatic hydroxyl groups is 1. The molecule has 16 heteroatoms. The molecule has 6 atom stereocenters. The molecule has 14 nitrogen and oxygen atoms in total. The van der Waals surface area contributed by atoms with Crippen LogP contribution in [0.1, 0.15) is 69.4 Å². The monoisotopic (exact) mass is 765 g/mol. The highest BCUT2D eigenvalue weighted by Gasteiger charge is 2.39. The molecule has 2 aromatic rings. The Hall–Kier alpha value is -4.11. The number of halogens is 2. The molecule has 1 saturated heterocycles. The van der Waals surface area contributed by atoms with Crippen molar-refractivity contribution in [3.8, 4) is 11.5 Å². The number of aromatic hydroxyl groups is 2. The summed E-state index contributed by atoms with van der Waals surface area (Å²) in [5.74, 6) is -4.14. The van der Waals surface area contributed by atoms with Crippen LogP contribution in [0.2, 0.25) is 0 Å². The molecule has 0 saturated carbocycles. The van der Waals surface area contributed by atoms with Crippen LogP contribution in [0.5, 0.6) is 11.5 Å².